The molecular formula is C10H19N. The van der Waals surface area contributed by atoms with Gasteiger partial charge in [0.1, 0.15) is 0 Å². The van der Waals surface area contributed by atoms with Crippen molar-refractivity contribution in [3.05, 3.63) is 0 Å². The molecule has 0 saturated heterocycles. The van der Waals surface area contributed by atoms with Crippen molar-refractivity contribution < 1.29 is 0 Å². The first-order valence-electron chi connectivity index (χ1n) is 4.21. The van der Waals surface area contributed by atoms with E-state index >= 15 is 0 Å². The topological polar surface area (TPSA) is 26.0 Å². The smallest absolute Gasteiger partial charge is 0.0241 e. The van der Waals surface area contributed by atoms with E-state index in [0.717, 1.165) is 12.8 Å². The van der Waals surface area contributed by atoms with Crippen LogP contribution in [0.15, 0.2) is 0 Å². The molecule has 0 aliphatic rings. The van der Waals surface area contributed by atoms with E-state index in [1.165, 1.54) is 0 Å². The lowest BCUT2D eigenvalue weighted by Gasteiger charge is -2.07. The van der Waals surface area contributed by atoms with Crippen LogP contribution in [0.5, 0.6) is 0 Å². The van der Waals surface area contributed by atoms with Crippen LogP contribution in [0.3, 0.4) is 0 Å². The summed E-state index contributed by atoms with van der Waals surface area (Å²) in [7, 11) is 0. The molecule has 0 aromatic carbocycles. The minimum absolute atomic E-state index is 0.119. The average Bonchev–Trinajstić information content (AvgIpc) is 1.85. The molecule has 64 valence electrons. The molecule has 0 radical (unpaired) electrons. The van der Waals surface area contributed by atoms with E-state index in [2.05, 4.69) is 39.5 Å². The van der Waals surface area contributed by atoms with E-state index in [9.17, 15) is 0 Å². The third-order valence-electron chi connectivity index (χ3n) is 1.35. The van der Waals surface area contributed by atoms with Crippen molar-refractivity contribution in [3.8, 4) is 11.8 Å². The molecule has 0 aromatic rings. The molecule has 0 aliphatic heterocycles. The third kappa shape index (κ3) is 7.42. The SMILES string of the molecule is CCC(N)CC#CC(C)(C)C. The van der Waals surface area contributed by atoms with Crippen LogP contribution in [0.4, 0.5) is 0 Å². The Morgan fingerprint density at radius 3 is 2.27 bits per heavy atom. The lowest BCUT2D eigenvalue weighted by molar-refractivity contribution is 0.568. The zero-order chi connectivity index (χ0) is 8.91. The Hall–Kier alpha value is -0.480. The van der Waals surface area contributed by atoms with Crippen LogP contribution in [0.1, 0.15) is 40.5 Å². The van der Waals surface area contributed by atoms with Crippen LogP contribution in [0, 0.1) is 17.3 Å². The average molecular weight is 153 g/mol. The molecule has 0 amide bonds. The van der Waals surface area contributed by atoms with E-state index in [-0.39, 0.29) is 11.5 Å². The highest BCUT2D eigenvalue weighted by Crippen LogP contribution is 2.09. The van der Waals surface area contributed by atoms with E-state index in [4.69, 9.17) is 5.73 Å². The maximum Gasteiger partial charge on any atom is 0.0241 e. The second-order valence-corrected chi connectivity index (χ2v) is 3.92. The van der Waals surface area contributed by atoms with Gasteiger partial charge in [-0.1, -0.05) is 12.8 Å². The molecule has 0 rings (SSSR count). The standard InChI is InChI=1S/C10H19N/c1-5-9(11)7-6-8-10(2,3)4/h9H,5,7,11H2,1-4H3. The largest absolute Gasteiger partial charge is 0.327 e. The highest BCUT2D eigenvalue weighted by molar-refractivity contribution is 5.08. The number of hydrogen-bond acceptors (Lipinski definition) is 1. The molecule has 1 nitrogen and oxygen atoms in total. The summed E-state index contributed by atoms with van der Waals surface area (Å²) in [5.74, 6) is 6.26. The van der Waals surface area contributed by atoms with Gasteiger partial charge in [0.15, 0.2) is 0 Å². The van der Waals surface area contributed by atoms with Crippen LogP contribution in [-0.4, -0.2) is 6.04 Å². The first kappa shape index (κ1) is 10.5. The Bertz CT molecular complexity index is 154. The van der Waals surface area contributed by atoms with Crippen molar-refractivity contribution in [3.63, 3.8) is 0 Å². The molecule has 1 unspecified atom stereocenters. The van der Waals surface area contributed by atoms with Gasteiger partial charge in [-0.3, -0.25) is 0 Å². The summed E-state index contributed by atoms with van der Waals surface area (Å²) in [4.78, 5) is 0. The van der Waals surface area contributed by atoms with Gasteiger partial charge >= 0.3 is 0 Å². The Morgan fingerprint density at radius 2 is 1.91 bits per heavy atom. The summed E-state index contributed by atoms with van der Waals surface area (Å²) >= 11 is 0. The molecule has 0 aromatic heterocycles. The van der Waals surface area contributed by atoms with Crippen LogP contribution in [0.2, 0.25) is 0 Å². The second kappa shape index (κ2) is 4.41. The molecule has 1 atom stereocenters. The van der Waals surface area contributed by atoms with Crippen molar-refractivity contribution in [1.82, 2.24) is 0 Å². The molecule has 0 spiro atoms. The van der Waals surface area contributed by atoms with E-state index in [0.29, 0.717) is 0 Å². The number of rotatable bonds is 2. The summed E-state index contributed by atoms with van der Waals surface area (Å²) in [6, 6.07) is 0.254. The highest BCUT2D eigenvalue weighted by atomic mass is 14.6. The molecule has 0 fully saturated rings. The van der Waals surface area contributed by atoms with E-state index in [1.807, 2.05) is 0 Å². The van der Waals surface area contributed by atoms with E-state index in [1.54, 1.807) is 0 Å². The van der Waals surface area contributed by atoms with Crippen LogP contribution in [0.25, 0.3) is 0 Å². The maximum absolute atomic E-state index is 5.70. The molecule has 2 N–H and O–H groups in total. The number of nitrogens with two attached hydrogens (primary N) is 1. The molecular weight excluding hydrogens is 134 g/mol. The normalized spacial score (nSPS) is 13.5. The van der Waals surface area contributed by atoms with Crippen molar-refractivity contribution in [2.24, 2.45) is 11.1 Å². The van der Waals surface area contributed by atoms with Crippen molar-refractivity contribution in [1.29, 1.82) is 0 Å². The Balaban J connectivity index is 3.73. The minimum atomic E-state index is 0.119. The number of hydrogen-bond donors (Lipinski definition) is 1. The summed E-state index contributed by atoms with van der Waals surface area (Å²) in [6.45, 7) is 8.41. The van der Waals surface area contributed by atoms with Crippen molar-refractivity contribution >= 4 is 0 Å². The van der Waals surface area contributed by atoms with Gasteiger partial charge in [-0.15, -0.1) is 5.92 Å². The van der Waals surface area contributed by atoms with Gasteiger partial charge in [0.2, 0.25) is 0 Å². The summed E-state index contributed by atoms with van der Waals surface area (Å²) in [6.07, 6.45) is 1.84. The molecule has 0 aliphatic carbocycles. The fourth-order valence-electron chi connectivity index (χ4n) is 0.592. The van der Waals surface area contributed by atoms with Crippen molar-refractivity contribution in [2.75, 3.05) is 0 Å². The first-order chi connectivity index (χ1) is 4.95. The highest BCUT2D eigenvalue weighted by Gasteiger charge is 2.03. The maximum atomic E-state index is 5.70. The first-order valence-corrected chi connectivity index (χ1v) is 4.21. The van der Waals surface area contributed by atoms with Crippen LogP contribution in [-0.2, 0) is 0 Å². The van der Waals surface area contributed by atoms with Gasteiger partial charge in [-0.25, -0.2) is 0 Å². The molecule has 0 bridgehead atoms. The predicted octanol–water partition coefficient (Wildman–Crippen LogP) is 2.16. The van der Waals surface area contributed by atoms with Crippen LogP contribution < -0.4 is 5.73 Å². The lowest BCUT2D eigenvalue weighted by Crippen LogP contribution is -2.17. The quantitative estimate of drug-likeness (QED) is 0.604. The summed E-state index contributed by atoms with van der Waals surface area (Å²) in [5, 5.41) is 0. The van der Waals surface area contributed by atoms with Gasteiger partial charge in [-0.2, -0.15) is 0 Å². The third-order valence-corrected chi connectivity index (χ3v) is 1.35. The van der Waals surface area contributed by atoms with Gasteiger partial charge in [0, 0.05) is 17.9 Å². The summed E-state index contributed by atoms with van der Waals surface area (Å²) in [5.41, 5.74) is 5.82. The van der Waals surface area contributed by atoms with Crippen LogP contribution >= 0.6 is 0 Å². The predicted molar refractivity (Wildman–Crippen MR) is 50.1 cm³/mol. The lowest BCUT2D eigenvalue weighted by atomic mass is 9.97. The second-order valence-electron chi connectivity index (χ2n) is 3.92. The van der Waals surface area contributed by atoms with Crippen molar-refractivity contribution in [2.45, 2.75) is 46.6 Å². The monoisotopic (exact) mass is 153 g/mol. The Labute approximate surface area is 70.4 Å². The molecule has 0 saturated carbocycles. The molecule has 1 heteroatoms. The zero-order valence-electron chi connectivity index (χ0n) is 8.07. The van der Waals surface area contributed by atoms with E-state index < -0.39 is 0 Å². The molecule has 0 heterocycles. The summed E-state index contributed by atoms with van der Waals surface area (Å²) < 4.78 is 0. The Kier molecular flexibility index (Phi) is 4.22. The van der Waals surface area contributed by atoms with Gasteiger partial charge < -0.3 is 5.73 Å². The fourth-order valence-corrected chi connectivity index (χ4v) is 0.592. The van der Waals surface area contributed by atoms with Gasteiger partial charge in [0.05, 0.1) is 0 Å². The zero-order valence-corrected chi connectivity index (χ0v) is 8.07. The Morgan fingerprint density at radius 1 is 1.36 bits per heavy atom. The van der Waals surface area contributed by atoms with Gasteiger partial charge in [0.25, 0.3) is 0 Å². The minimum Gasteiger partial charge on any atom is -0.327 e. The fraction of sp³-hybridized carbons (Fsp3) is 0.800. The molecule has 11 heavy (non-hydrogen) atoms. The van der Waals surface area contributed by atoms with Gasteiger partial charge in [-0.05, 0) is 27.2 Å².